The monoisotopic (exact) mass is 234 g/mol. The fourth-order valence-corrected chi connectivity index (χ4v) is 1.68. The third-order valence-electron chi connectivity index (χ3n) is 2.42. The van der Waals surface area contributed by atoms with Crippen LogP contribution >= 0.6 is 0 Å². The number of Topliss-reactive ketones (excluding diaryl/α,β-unsaturated/α-hetero) is 1. The van der Waals surface area contributed by atoms with Crippen molar-refractivity contribution in [3.05, 3.63) is 40.0 Å². The molecule has 0 unspecified atom stereocenters. The molecule has 1 aliphatic rings. The Bertz CT molecular complexity index is 551. The van der Waals surface area contributed by atoms with E-state index in [1.807, 2.05) is 0 Å². The summed E-state index contributed by atoms with van der Waals surface area (Å²) in [7, 11) is 0. The number of ketones is 1. The first-order valence-corrected chi connectivity index (χ1v) is 4.81. The maximum Gasteiger partial charge on any atom is 0.299 e. The van der Waals surface area contributed by atoms with E-state index in [1.54, 1.807) is 0 Å². The van der Waals surface area contributed by atoms with Gasteiger partial charge in [-0.1, -0.05) is 5.11 Å². The van der Waals surface area contributed by atoms with Crippen molar-refractivity contribution in [1.29, 1.82) is 0 Å². The highest BCUT2D eigenvalue weighted by Crippen LogP contribution is 2.29. The molecular formula is C10H7FN4O2. The average Bonchev–Trinajstić information content (AvgIpc) is 2.54. The number of azide groups is 1. The fraction of sp³-hybridized carbons (Fsp3) is 0.200. The molecule has 1 aromatic carbocycles. The van der Waals surface area contributed by atoms with E-state index in [4.69, 9.17) is 5.53 Å². The molecule has 0 saturated heterocycles. The lowest BCUT2D eigenvalue weighted by Gasteiger charge is -2.14. The van der Waals surface area contributed by atoms with Gasteiger partial charge in [0.1, 0.15) is 5.82 Å². The molecule has 6 nitrogen and oxygen atoms in total. The Morgan fingerprint density at radius 2 is 2.18 bits per heavy atom. The second-order valence-corrected chi connectivity index (χ2v) is 3.40. The molecule has 0 spiro atoms. The molecular weight excluding hydrogens is 227 g/mol. The van der Waals surface area contributed by atoms with Crippen molar-refractivity contribution >= 4 is 17.4 Å². The van der Waals surface area contributed by atoms with Crippen LogP contribution in [0.2, 0.25) is 0 Å². The molecule has 0 bridgehead atoms. The molecule has 17 heavy (non-hydrogen) atoms. The zero-order chi connectivity index (χ0) is 12.4. The van der Waals surface area contributed by atoms with E-state index < -0.39 is 17.5 Å². The van der Waals surface area contributed by atoms with Gasteiger partial charge >= 0.3 is 0 Å². The van der Waals surface area contributed by atoms with Crippen molar-refractivity contribution in [1.82, 2.24) is 0 Å². The number of amides is 1. The van der Waals surface area contributed by atoms with Crippen LogP contribution in [0, 0.1) is 5.82 Å². The van der Waals surface area contributed by atoms with E-state index in [-0.39, 0.29) is 18.7 Å². The van der Waals surface area contributed by atoms with E-state index in [0.29, 0.717) is 5.69 Å². The molecule has 0 aliphatic carbocycles. The lowest BCUT2D eigenvalue weighted by atomic mass is 10.1. The molecule has 1 heterocycles. The number of rotatable bonds is 3. The summed E-state index contributed by atoms with van der Waals surface area (Å²) in [5.41, 5.74) is 8.54. The third kappa shape index (κ3) is 1.83. The standard InChI is InChI=1S/C10H7FN4O2/c11-6-1-2-8-7(5-6)9(16)10(17)15(8)4-3-13-14-12/h1-2,5H,3-4H2. The number of carbonyl (C=O) groups excluding carboxylic acids is 2. The molecule has 1 aliphatic heterocycles. The number of hydrogen-bond acceptors (Lipinski definition) is 3. The maximum atomic E-state index is 12.9. The van der Waals surface area contributed by atoms with E-state index in [1.165, 1.54) is 17.0 Å². The molecule has 1 amide bonds. The molecule has 0 atom stereocenters. The highest BCUT2D eigenvalue weighted by Gasteiger charge is 2.35. The van der Waals surface area contributed by atoms with Crippen molar-refractivity contribution in [3.8, 4) is 0 Å². The van der Waals surface area contributed by atoms with Gasteiger partial charge in [0.2, 0.25) is 0 Å². The summed E-state index contributed by atoms with van der Waals surface area (Å²) in [5, 5.41) is 3.29. The summed E-state index contributed by atoms with van der Waals surface area (Å²) in [6, 6.07) is 3.57. The summed E-state index contributed by atoms with van der Waals surface area (Å²) in [4.78, 5) is 26.9. The minimum Gasteiger partial charge on any atom is -0.305 e. The number of carbonyl (C=O) groups is 2. The molecule has 0 aromatic heterocycles. The van der Waals surface area contributed by atoms with Crippen LogP contribution < -0.4 is 4.90 Å². The van der Waals surface area contributed by atoms with Gasteiger partial charge in [-0.3, -0.25) is 9.59 Å². The molecule has 2 rings (SSSR count). The van der Waals surface area contributed by atoms with Gasteiger partial charge in [0.15, 0.2) is 0 Å². The number of fused-ring (bicyclic) bond motifs is 1. The Morgan fingerprint density at radius 1 is 1.41 bits per heavy atom. The van der Waals surface area contributed by atoms with E-state index in [9.17, 15) is 14.0 Å². The highest BCUT2D eigenvalue weighted by molar-refractivity contribution is 6.52. The Balaban J connectivity index is 2.34. The second kappa shape index (κ2) is 4.23. The molecule has 7 heteroatoms. The van der Waals surface area contributed by atoms with Gasteiger partial charge in [0.25, 0.3) is 11.7 Å². The zero-order valence-electron chi connectivity index (χ0n) is 8.63. The summed E-state index contributed by atoms with van der Waals surface area (Å²) >= 11 is 0. The maximum absolute atomic E-state index is 12.9. The Labute approximate surface area is 95.3 Å². The second-order valence-electron chi connectivity index (χ2n) is 3.40. The zero-order valence-corrected chi connectivity index (χ0v) is 8.63. The van der Waals surface area contributed by atoms with Gasteiger partial charge in [-0.15, -0.1) is 0 Å². The fourth-order valence-electron chi connectivity index (χ4n) is 1.68. The number of anilines is 1. The Morgan fingerprint density at radius 3 is 2.88 bits per heavy atom. The van der Waals surface area contributed by atoms with Crippen molar-refractivity contribution in [2.75, 3.05) is 18.0 Å². The third-order valence-corrected chi connectivity index (χ3v) is 2.42. The lowest BCUT2D eigenvalue weighted by molar-refractivity contribution is -0.114. The first kappa shape index (κ1) is 11.1. The molecule has 1 aromatic rings. The van der Waals surface area contributed by atoms with Gasteiger partial charge in [0.05, 0.1) is 11.3 Å². The van der Waals surface area contributed by atoms with Crippen LogP contribution in [0.5, 0.6) is 0 Å². The van der Waals surface area contributed by atoms with E-state index in [2.05, 4.69) is 10.0 Å². The minimum absolute atomic E-state index is 0.0518. The summed E-state index contributed by atoms with van der Waals surface area (Å²) in [5.74, 6) is -2.03. The number of benzene rings is 1. The predicted octanol–water partition coefficient (Wildman–Crippen LogP) is 1.67. The summed E-state index contributed by atoms with van der Waals surface area (Å²) in [6.07, 6.45) is 0. The van der Waals surface area contributed by atoms with Gasteiger partial charge < -0.3 is 4.90 Å². The van der Waals surface area contributed by atoms with Gasteiger partial charge in [-0.25, -0.2) is 4.39 Å². The molecule has 0 saturated carbocycles. The number of halogens is 1. The van der Waals surface area contributed by atoms with Crippen LogP contribution in [0.15, 0.2) is 23.3 Å². The van der Waals surface area contributed by atoms with Gasteiger partial charge in [0, 0.05) is 18.0 Å². The van der Waals surface area contributed by atoms with Crippen molar-refractivity contribution in [3.63, 3.8) is 0 Å². The van der Waals surface area contributed by atoms with Crippen LogP contribution in [0.4, 0.5) is 10.1 Å². The number of nitrogens with zero attached hydrogens (tertiary/aromatic N) is 4. The van der Waals surface area contributed by atoms with Crippen molar-refractivity contribution in [2.45, 2.75) is 0 Å². The van der Waals surface area contributed by atoms with E-state index >= 15 is 0 Å². The topological polar surface area (TPSA) is 86.1 Å². The van der Waals surface area contributed by atoms with Crippen LogP contribution in [0.1, 0.15) is 10.4 Å². The quantitative estimate of drug-likeness (QED) is 0.344. The first-order valence-electron chi connectivity index (χ1n) is 4.81. The van der Waals surface area contributed by atoms with Crippen molar-refractivity contribution in [2.24, 2.45) is 5.11 Å². The summed E-state index contributed by atoms with van der Waals surface area (Å²) < 4.78 is 12.9. The van der Waals surface area contributed by atoms with Gasteiger partial charge in [-0.2, -0.15) is 0 Å². The smallest absolute Gasteiger partial charge is 0.299 e. The molecule has 0 N–H and O–H groups in total. The Hall–Kier alpha value is -2.40. The highest BCUT2D eigenvalue weighted by atomic mass is 19.1. The van der Waals surface area contributed by atoms with Crippen LogP contribution in [0.3, 0.4) is 0 Å². The molecule has 0 radical (unpaired) electrons. The summed E-state index contributed by atoms with van der Waals surface area (Å²) in [6.45, 7) is 0.166. The van der Waals surface area contributed by atoms with Crippen LogP contribution in [0.25, 0.3) is 10.4 Å². The number of hydrogen-bond donors (Lipinski definition) is 0. The molecule has 86 valence electrons. The SMILES string of the molecule is [N-]=[N+]=NCCN1C(=O)C(=O)c2cc(F)ccc21. The average molecular weight is 234 g/mol. The Kier molecular flexibility index (Phi) is 2.76. The molecule has 0 fully saturated rings. The van der Waals surface area contributed by atoms with Crippen molar-refractivity contribution < 1.29 is 14.0 Å². The largest absolute Gasteiger partial charge is 0.305 e. The first-order chi connectivity index (χ1) is 8.15. The van der Waals surface area contributed by atoms with Gasteiger partial charge in [-0.05, 0) is 23.7 Å². The minimum atomic E-state index is -0.736. The van der Waals surface area contributed by atoms with E-state index in [0.717, 1.165) is 6.07 Å². The van der Waals surface area contributed by atoms with Crippen LogP contribution in [-0.4, -0.2) is 24.8 Å². The lowest BCUT2D eigenvalue weighted by Crippen LogP contribution is -2.31. The van der Waals surface area contributed by atoms with Crippen LogP contribution in [-0.2, 0) is 4.79 Å². The predicted molar refractivity (Wildman–Crippen MR) is 57.1 cm³/mol. The normalized spacial score (nSPS) is 13.6.